The van der Waals surface area contributed by atoms with Gasteiger partial charge in [0.15, 0.2) is 0 Å². The van der Waals surface area contributed by atoms with Crippen LogP contribution in [0, 0.1) is 24.5 Å². The van der Waals surface area contributed by atoms with Gasteiger partial charge in [0, 0.05) is 11.6 Å². The molecular weight excluding hydrogens is 260 g/mol. The predicted molar refractivity (Wildman–Crippen MR) is 88.0 cm³/mol. The maximum Gasteiger partial charge on any atom is 0.127 e. The van der Waals surface area contributed by atoms with E-state index in [9.17, 15) is 0 Å². The van der Waals surface area contributed by atoms with Crippen molar-refractivity contribution in [3.05, 3.63) is 36.4 Å². The highest BCUT2D eigenvalue weighted by molar-refractivity contribution is 5.57. The fourth-order valence-corrected chi connectivity index (χ4v) is 2.19. The number of ether oxygens (including phenoxy) is 2. The molecule has 116 valence electrons. The van der Waals surface area contributed by atoms with Crippen LogP contribution in [0.2, 0.25) is 0 Å². The zero-order chi connectivity index (χ0) is 15.7. The number of hydrogen-bond acceptors (Lipinski definition) is 2. The molecule has 0 aliphatic rings. The lowest BCUT2D eigenvalue weighted by molar-refractivity contribution is 0.275. The predicted octanol–water partition coefficient (Wildman–Crippen LogP) is 5.14. The monoisotopic (exact) mass is 288 g/mol. The topological polar surface area (TPSA) is 18.5 Å². The Hall–Kier alpha value is -1.44. The first kappa shape index (κ1) is 17.6. The Morgan fingerprint density at radius 2 is 2.00 bits per heavy atom. The summed E-state index contributed by atoms with van der Waals surface area (Å²) in [6, 6.07) is 8.61. The molecule has 1 aromatic rings. The van der Waals surface area contributed by atoms with Gasteiger partial charge < -0.3 is 9.47 Å². The van der Waals surface area contributed by atoms with Gasteiger partial charge in [-0.3, -0.25) is 0 Å². The van der Waals surface area contributed by atoms with Crippen LogP contribution >= 0.6 is 0 Å². The van der Waals surface area contributed by atoms with Crippen LogP contribution in [-0.4, -0.2) is 13.7 Å². The molecule has 0 bridgehead atoms. The van der Waals surface area contributed by atoms with Gasteiger partial charge in [-0.15, -0.1) is 0 Å². The van der Waals surface area contributed by atoms with Crippen molar-refractivity contribution in [3.8, 4) is 5.75 Å². The Kier molecular flexibility index (Phi) is 7.96. The molecule has 1 unspecified atom stereocenters. The van der Waals surface area contributed by atoms with Crippen LogP contribution in [-0.2, 0) is 4.74 Å². The van der Waals surface area contributed by atoms with Crippen molar-refractivity contribution in [2.75, 3.05) is 13.7 Å². The van der Waals surface area contributed by atoms with E-state index in [0.29, 0.717) is 11.7 Å². The largest absolute Gasteiger partial charge is 0.496 e. The zero-order valence-corrected chi connectivity index (χ0v) is 13.8. The third-order valence-corrected chi connectivity index (χ3v) is 3.63. The van der Waals surface area contributed by atoms with Gasteiger partial charge in [-0.25, -0.2) is 0 Å². The normalized spacial score (nSPS) is 12.2. The minimum Gasteiger partial charge on any atom is -0.496 e. The van der Waals surface area contributed by atoms with E-state index in [1.165, 1.54) is 19.3 Å². The highest BCUT2D eigenvalue weighted by Crippen LogP contribution is 2.20. The number of benzene rings is 1. The summed E-state index contributed by atoms with van der Waals surface area (Å²) in [5, 5.41) is 0. The Balaban J connectivity index is 2.30. The highest BCUT2D eigenvalue weighted by atomic mass is 16.5. The average Bonchev–Trinajstić information content (AvgIpc) is 2.46. The molecule has 0 saturated heterocycles. The van der Waals surface area contributed by atoms with Crippen molar-refractivity contribution < 1.29 is 9.47 Å². The van der Waals surface area contributed by atoms with E-state index >= 15 is 0 Å². The van der Waals surface area contributed by atoms with Crippen LogP contribution in [0.25, 0.3) is 5.76 Å². The smallest absolute Gasteiger partial charge is 0.127 e. The molecule has 0 heterocycles. The van der Waals surface area contributed by atoms with E-state index in [0.717, 1.165) is 30.3 Å². The molecular formula is C19H28O2. The molecule has 0 N–H and O–H groups in total. The van der Waals surface area contributed by atoms with Crippen LogP contribution in [0.3, 0.4) is 0 Å². The molecule has 0 fully saturated rings. The summed E-state index contributed by atoms with van der Waals surface area (Å²) in [6.45, 7) is 13.3. The Morgan fingerprint density at radius 1 is 1.24 bits per heavy atom. The molecule has 1 rings (SSSR count). The van der Waals surface area contributed by atoms with Crippen LogP contribution in [0.5, 0.6) is 5.75 Å². The second-order valence-electron chi connectivity index (χ2n) is 6.08. The number of hydrogen-bond donors (Lipinski definition) is 0. The summed E-state index contributed by atoms with van der Waals surface area (Å²) < 4.78 is 10.8. The Labute approximate surface area is 130 Å². The van der Waals surface area contributed by atoms with Crippen LogP contribution in [0.1, 0.15) is 52.0 Å². The molecule has 0 aliphatic carbocycles. The zero-order valence-electron chi connectivity index (χ0n) is 13.8. The van der Waals surface area contributed by atoms with Gasteiger partial charge in [-0.2, -0.15) is 0 Å². The van der Waals surface area contributed by atoms with Crippen LogP contribution < -0.4 is 4.74 Å². The van der Waals surface area contributed by atoms with Crippen molar-refractivity contribution in [3.63, 3.8) is 0 Å². The second-order valence-corrected chi connectivity index (χ2v) is 6.08. The molecule has 2 heteroatoms. The van der Waals surface area contributed by atoms with E-state index in [1.807, 2.05) is 18.2 Å². The molecule has 0 amide bonds. The van der Waals surface area contributed by atoms with Crippen molar-refractivity contribution in [2.24, 2.45) is 11.8 Å². The van der Waals surface area contributed by atoms with E-state index < -0.39 is 0 Å². The quantitative estimate of drug-likeness (QED) is 0.555. The average molecular weight is 288 g/mol. The van der Waals surface area contributed by atoms with Crippen molar-refractivity contribution >= 4 is 5.76 Å². The molecule has 2 nitrogen and oxygen atoms in total. The van der Waals surface area contributed by atoms with Crippen molar-refractivity contribution in [1.82, 2.24) is 0 Å². The minimum atomic E-state index is 0.399. The van der Waals surface area contributed by atoms with Gasteiger partial charge in [0.25, 0.3) is 0 Å². The third-order valence-electron chi connectivity index (χ3n) is 3.63. The van der Waals surface area contributed by atoms with E-state index in [4.69, 9.17) is 16.1 Å². The first-order chi connectivity index (χ1) is 10.0. The van der Waals surface area contributed by atoms with Gasteiger partial charge in [0.2, 0.25) is 0 Å². The lowest BCUT2D eigenvalue weighted by Crippen LogP contribution is -2.05. The lowest BCUT2D eigenvalue weighted by atomic mass is 9.98. The molecule has 0 saturated carbocycles. The van der Waals surface area contributed by atoms with Gasteiger partial charge in [0.1, 0.15) is 11.5 Å². The SMILES string of the molecule is [CH]=C(OC)c1cc[c]c(OCCC(C)CCCC(C)C)c1. The van der Waals surface area contributed by atoms with Crippen molar-refractivity contribution in [1.29, 1.82) is 0 Å². The summed E-state index contributed by atoms with van der Waals surface area (Å²) >= 11 is 0. The summed E-state index contributed by atoms with van der Waals surface area (Å²) in [6.07, 6.45) is 4.96. The summed E-state index contributed by atoms with van der Waals surface area (Å²) in [7, 11) is 1.56. The molecule has 0 aliphatic heterocycles. The summed E-state index contributed by atoms with van der Waals surface area (Å²) in [5.74, 6) is 2.62. The molecule has 0 aromatic heterocycles. The van der Waals surface area contributed by atoms with Gasteiger partial charge in [-0.05, 0) is 37.0 Å². The van der Waals surface area contributed by atoms with Gasteiger partial charge in [-0.1, -0.05) is 46.1 Å². The minimum absolute atomic E-state index is 0.399. The highest BCUT2D eigenvalue weighted by Gasteiger charge is 2.05. The van der Waals surface area contributed by atoms with Gasteiger partial charge in [0.05, 0.1) is 13.7 Å². The number of methoxy groups -OCH3 is 1. The van der Waals surface area contributed by atoms with E-state index in [2.05, 4.69) is 26.8 Å². The third kappa shape index (κ3) is 7.22. The van der Waals surface area contributed by atoms with E-state index in [1.54, 1.807) is 7.11 Å². The summed E-state index contributed by atoms with van der Waals surface area (Å²) in [5.41, 5.74) is 0.830. The maximum atomic E-state index is 5.76. The molecule has 21 heavy (non-hydrogen) atoms. The van der Waals surface area contributed by atoms with Gasteiger partial charge >= 0.3 is 0 Å². The fourth-order valence-electron chi connectivity index (χ4n) is 2.19. The molecule has 1 aromatic carbocycles. The Bertz CT molecular complexity index is 423. The Morgan fingerprint density at radius 3 is 2.67 bits per heavy atom. The maximum absolute atomic E-state index is 5.76. The lowest BCUT2D eigenvalue weighted by Gasteiger charge is -2.13. The first-order valence-corrected chi connectivity index (χ1v) is 7.84. The summed E-state index contributed by atoms with van der Waals surface area (Å²) in [4.78, 5) is 0. The fraction of sp³-hybridized carbons (Fsp3) is 0.579. The van der Waals surface area contributed by atoms with Crippen LogP contribution in [0.4, 0.5) is 0 Å². The first-order valence-electron chi connectivity index (χ1n) is 7.84. The molecule has 0 spiro atoms. The number of rotatable bonds is 10. The molecule has 2 radical (unpaired) electrons. The standard InChI is InChI=1S/C19H28O2/c1-15(2)8-6-9-16(3)12-13-21-19-11-7-10-18(14-19)17(4)20-5/h4,7,10,14-16H,6,8-9,12-13H2,1-3,5H3. The second kappa shape index (κ2) is 9.49. The molecule has 1 atom stereocenters. The van der Waals surface area contributed by atoms with Crippen LogP contribution in [0.15, 0.2) is 18.2 Å². The van der Waals surface area contributed by atoms with Crippen molar-refractivity contribution in [2.45, 2.75) is 46.5 Å². The van der Waals surface area contributed by atoms with E-state index in [-0.39, 0.29) is 0 Å².